The van der Waals surface area contributed by atoms with Gasteiger partial charge >= 0.3 is 0 Å². The lowest BCUT2D eigenvalue weighted by Gasteiger charge is -2.33. The highest BCUT2D eigenvalue weighted by Crippen LogP contribution is 2.25. The maximum absolute atomic E-state index is 12.3. The summed E-state index contributed by atoms with van der Waals surface area (Å²) in [4.78, 5) is 14.2. The Morgan fingerprint density at radius 1 is 1.25 bits per heavy atom. The van der Waals surface area contributed by atoms with Crippen molar-refractivity contribution in [2.45, 2.75) is 25.8 Å². The number of carbonyl (C=O) groups excluding carboxylic acids is 1. The fraction of sp³-hybridized carbons (Fsp3) is 0.421. The van der Waals surface area contributed by atoms with E-state index in [1.54, 1.807) is 7.11 Å². The molecule has 0 aliphatic carbocycles. The fourth-order valence-electron chi connectivity index (χ4n) is 2.89. The molecular formula is C19H23NO4. The van der Waals surface area contributed by atoms with E-state index < -0.39 is 0 Å². The number of ether oxygens (including phenoxy) is 2. The second kappa shape index (κ2) is 7.53. The molecule has 0 spiro atoms. The molecule has 0 unspecified atom stereocenters. The molecule has 1 aromatic carbocycles. The lowest BCUT2D eigenvalue weighted by Crippen LogP contribution is -2.47. The van der Waals surface area contributed by atoms with Gasteiger partial charge in [0.15, 0.2) is 0 Å². The summed E-state index contributed by atoms with van der Waals surface area (Å²) in [5.41, 5.74) is 0.996. The Kier molecular flexibility index (Phi) is 5.20. The van der Waals surface area contributed by atoms with Crippen molar-refractivity contribution in [3.63, 3.8) is 0 Å². The van der Waals surface area contributed by atoms with E-state index in [-0.39, 0.29) is 11.9 Å². The summed E-state index contributed by atoms with van der Waals surface area (Å²) in [7, 11) is 1.65. The van der Waals surface area contributed by atoms with Crippen LogP contribution in [-0.4, -0.2) is 43.7 Å². The fourth-order valence-corrected chi connectivity index (χ4v) is 2.89. The third-order valence-electron chi connectivity index (χ3n) is 4.31. The molecule has 2 heterocycles. The molecule has 1 atom stereocenters. The van der Waals surface area contributed by atoms with Gasteiger partial charge in [0.1, 0.15) is 17.3 Å². The van der Waals surface area contributed by atoms with Crippen molar-refractivity contribution in [1.82, 2.24) is 4.90 Å². The van der Waals surface area contributed by atoms with E-state index in [4.69, 9.17) is 13.9 Å². The molecule has 1 aromatic heterocycles. The minimum atomic E-state index is 0.151. The summed E-state index contributed by atoms with van der Waals surface area (Å²) in [5, 5.41) is 0. The first kappa shape index (κ1) is 16.6. The molecule has 0 saturated carbocycles. The minimum Gasteiger partial charge on any atom is -0.497 e. The van der Waals surface area contributed by atoms with Gasteiger partial charge in [-0.3, -0.25) is 4.79 Å². The normalized spacial score (nSPS) is 17.8. The number of furan rings is 1. The van der Waals surface area contributed by atoms with E-state index in [2.05, 4.69) is 0 Å². The number of aryl methyl sites for hydroxylation is 1. The van der Waals surface area contributed by atoms with Crippen LogP contribution < -0.4 is 4.74 Å². The molecule has 2 aromatic rings. The van der Waals surface area contributed by atoms with Crippen LogP contribution in [0.25, 0.3) is 11.3 Å². The van der Waals surface area contributed by atoms with Gasteiger partial charge in [0.05, 0.1) is 26.4 Å². The first-order valence-electron chi connectivity index (χ1n) is 8.27. The van der Waals surface area contributed by atoms with Crippen molar-refractivity contribution < 1.29 is 18.7 Å². The molecule has 1 saturated heterocycles. The van der Waals surface area contributed by atoms with Crippen molar-refractivity contribution in [2.75, 3.05) is 26.9 Å². The van der Waals surface area contributed by atoms with E-state index in [9.17, 15) is 4.79 Å². The van der Waals surface area contributed by atoms with Gasteiger partial charge in [-0.25, -0.2) is 0 Å². The number of morpholine rings is 1. The first-order valence-corrected chi connectivity index (χ1v) is 8.27. The smallest absolute Gasteiger partial charge is 0.223 e. The standard InChI is InChI=1S/C19H23NO4/c1-14-13-23-12-11-20(14)19(21)10-8-17-7-9-18(24-17)15-3-5-16(22-2)6-4-15/h3-7,9,14H,8,10-13H2,1-2H3/t14-/m1/s1. The van der Waals surface area contributed by atoms with Crippen LogP contribution in [0.5, 0.6) is 5.75 Å². The maximum atomic E-state index is 12.3. The summed E-state index contributed by atoms with van der Waals surface area (Å²) in [6, 6.07) is 11.8. The van der Waals surface area contributed by atoms with Crippen LogP contribution in [0, 0.1) is 0 Å². The first-order chi connectivity index (χ1) is 11.7. The van der Waals surface area contributed by atoms with Gasteiger partial charge in [0, 0.05) is 24.9 Å². The van der Waals surface area contributed by atoms with Crippen LogP contribution in [0.1, 0.15) is 19.1 Å². The van der Waals surface area contributed by atoms with Gasteiger partial charge < -0.3 is 18.8 Å². The van der Waals surface area contributed by atoms with E-state index in [1.165, 1.54) is 0 Å². The number of nitrogens with zero attached hydrogens (tertiary/aromatic N) is 1. The van der Waals surface area contributed by atoms with Crippen LogP contribution in [-0.2, 0) is 16.0 Å². The summed E-state index contributed by atoms with van der Waals surface area (Å²) in [6.07, 6.45) is 1.07. The summed E-state index contributed by atoms with van der Waals surface area (Å²) in [6.45, 7) is 3.94. The van der Waals surface area contributed by atoms with Crippen molar-refractivity contribution in [3.8, 4) is 17.1 Å². The molecule has 1 amide bonds. The molecule has 24 heavy (non-hydrogen) atoms. The van der Waals surface area contributed by atoms with Crippen molar-refractivity contribution in [1.29, 1.82) is 0 Å². The van der Waals surface area contributed by atoms with Crippen molar-refractivity contribution in [3.05, 3.63) is 42.2 Å². The maximum Gasteiger partial charge on any atom is 0.223 e. The van der Waals surface area contributed by atoms with E-state index in [0.29, 0.717) is 32.6 Å². The zero-order chi connectivity index (χ0) is 16.9. The van der Waals surface area contributed by atoms with E-state index in [1.807, 2.05) is 48.2 Å². The highest BCUT2D eigenvalue weighted by Gasteiger charge is 2.23. The minimum absolute atomic E-state index is 0.151. The molecule has 0 N–H and O–H groups in total. The molecule has 5 nitrogen and oxygen atoms in total. The number of carbonyl (C=O) groups is 1. The number of amides is 1. The molecule has 1 fully saturated rings. The van der Waals surface area contributed by atoms with Crippen LogP contribution in [0.15, 0.2) is 40.8 Å². The number of methoxy groups -OCH3 is 1. The molecule has 1 aliphatic rings. The number of hydrogen-bond acceptors (Lipinski definition) is 4. The van der Waals surface area contributed by atoms with Gasteiger partial charge in [-0.15, -0.1) is 0 Å². The van der Waals surface area contributed by atoms with Gasteiger partial charge in [0.25, 0.3) is 0 Å². The summed E-state index contributed by atoms with van der Waals surface area (Å²) >= 11 is 0. The Morgan fingerprint density at radius 3 is 2.75 bits per heavy atom. The zero-order valence-corrected chi connectivity index (χ0v) is 14.2. The average molecular weight is 329 g/mol. The number of hydrogen-bond donors (Lipinski definition) is 0. The third kappa shape index (κ3) is 3.79. The quantitative estimate of drug-likeness (QED) is 0.846. The highest BCUT2D eigenvalue weighted by molar-refractivity contribution is 5.76. The SMILES string of the molecule is COc1ccc(-c2ccc(CCC(=O)N3CCOC[C@H]3C)o2)cc1. The largest absolute Gasteiger partial charge is 0.497 e. The van der Waals surface area contributed by atoms with Gasteiger partial charge in [0.2, 0.25) is 5.91 Å². The second-order valence-electron chi connectivity index (χ2n) is 6.01. The molecule has 128 valence electrons. The highest BCUT2D eigenvalue weighted by atomic mass is 16.5. The van der Waals surface area contributed by atoms with Crippen LogP contribution in [0.2, 0.25) is 0 Å². The Labute approximate surface area is 142 Å². The number of rotatable bonds is 5. The molecule has 5 heteroatoms. The van der Waals surface area contributed by atoms with Crippen LogP contribution >= 0.6 is 0 Å². The molecule has 0 radical (unpaired) electrons. The van der Waals surface area contributed by atoms with Gasteiger partial charge in [-0.1, -0.05) is 0 Å². The zero-order valence-electron chi connectivity index (χ0n) is 14.2. The Morgan fingerprint density at radius 2 is 2.04 bits per heavy atom. The van der Waals surface area contributed by atoms with Gasteiger partial charge in [-0.05, 0) is 43.3 Å². The predicted octanol–water partition coefficient (Wildman–Crippen LogP) is 3.14. The van der Waals surface area contributed by atoms with Gasteiger partial charge in [-0.2, -0.15) is 0 Å². The summed E-state index contributed by atoms with van der Waals surface area (Å²) in [5.74, 6) is 2.61. The molecule has 3 rings (SSSR count). The Balaban J connectivity index is 1.58. The summed E-state index contributed by atoms with van der Waals surface area (Å²) < 4.78 is 16.4. The van der Waals surface area contributed by atoms with E-state index in [0.717, 1.165) is 22.8 Å². The molecule has 0 bridgehead atoms. The van der Waals surface area contributed by atoms with E-state index >= 15 is 0 Å². The Hall–Kier alpha value is -2.27. The van der Waals surface area contributed by atoms with Crippen molar-refractivity contribution >= 4 is 5.91 Å². The lowest BCUT2D eigenvalue weighted by molar-refractivity contribution is -0.139. The average Bonchev–Trinajstić information content (AvgIpc) is 3.09. The third-order valence-corrected chi connectivity index (χ3v) is 4.31. The van der Waals surface area contributed by atoms with Crippen molar-refractivity contribution in [2.24, 2.45) is 0 Å². The Bertz CT molecular complexity index is 677. The monoisotopic (exact) mass is 329 g/mol. The molecule has 1 aliphatic heterocycles. The van der Waals surface area contributed by atoms with Crippen LogP contribution in [0.4, 0.5) is 0 Å². The predicted molar refractivity (Wildman–Crippen MR) is 91.0 cm³/mol. The second-order valence-corrected chi connectivity index (χ2v) is 6.01. The topological polar surface area (TPSA) is 51.9 Å². The molecular weight excluding hydrogens is 306 g/mol. The number of benzene rings is 1. The lowest BCUT2D eigenvalue weighted by atomic mass is 10.1. The van der Waals surface area contributed by atoms with Crippen LogP contribution in [0.3, 0.4) is 0 Å².